The van der Waals surface area contributed by atoms with Gasteiger partial charge >= 0.3 is 0 Å². The Morgan fingerprint density at radius 3 is 2.62 bits per heavy atom. The van der Waals surface area contributed by atoms with Crippen LogP contribution in [0.2, 0.25) is 0 Å². The lowest BCUT2D eigenvalue weighted by atomic mass is 10.0. The van der Waals surface area contributed by atoms with E-state index in [9.17, 15) is 9.18 Å². The highest BCUT2D eigenvalue weighted by atomic mass is 19.1. The number of para-hydroxylation sites is 1. The van der Waals surface area contributed by atoms with Crippen LogP contribution >= 0.6 is 0 Å². The lowest BCUT2D eigenvalue weighted by Crippen LogP contribution is -2.15. The average molecular weight is 322 g/mol. The van der Waals surface area contributed by atoms with Gasteiger partial charge in [-0.05, 0) is 42.7 Å². The third-order valence-corrected chi connectivity index (χ3v) is 3.94. The first-order valence-electron chi connectivity index (χ1n) is 7.93. The van der Waals surface area contributed by atoms with E-state index in [4.69, 9.17) is 0 Å². The molecule has 0 unspecified atom stereocenters. The third kappa shape index (κ3) is 3.13. The molecule has 0 spiro atoms. The van der Waals surface area contributed by atoms with Gasteiger partial charge in [0.2, 0.25) is 0 Å². The van der Waals surface area contributed by atoms with Crippen molar-refractivity contribution in [3.8, 4) is 0 Å². The highest BCUT2D eigenvalue weighted by Gasteiger charge is 2.16. The zero-order valence-corrected chi connectivity index (χ0v) is 13.9. The number of pyridine rings is 1. The number of anilines is 1. The van der Waals surface area contributed by atoms with Crippen molar-refractivity contribution in [2.45, 2.75) is 26.7 Å². The number of nitrogens with zero attached hydrogens (tertiary/aromatic N) is 1. The molecule has 3 rings (SSSR count). The van der Waals surface area contributed by atoms with Crippen molar-refractivity contribution in [3.63, 3.8) is 0 Å². The van der Waals surface area contributed by atoms with Crippen molar-refractivity contribution in [1.29, 1.82) is 0 Å². The van der Waals surface area contributed by atoms with Crippen molar-refractivity contribution >= 4 is 22.5 Å². The van der Waals surface area contributed by atoms with Gasteiger partial charge in [0, 0.05) is 11.1 Å². The van der Waals surface area contributed by atoms with Crippen LogP contribution in [0, 0.1) is 12.7 Å². The summed E-state index contributed by atoms with van der Waals surface area (Å²) >= 11 is 0. The number of halogens is 1. The highest BCUT2D eigenvalue weighted by Crippen LogP contribution is 2.24. The van der Waals surface area contributed by atoms with Crippen molar-refractivity contribution in [2.75, 3.05) is 5.32 Å². The molecule has 1 N–H and O–H groups in total. The number of hydrogen-bond acceptors (Lipinski definition) is 2. The predicted octanol–water partition coefficient (Wildman–Crippen LogP) is 5.06. The molecule has 0 radical (unpaired) electrons. The van der Waals surface area contributed by atoms with Crippen LogP contribution in [0.4, 0.5) is 10.1 Å². The van der Waals surface area contributed by atoms with Crippen LogP contribution in [0.3, 0.4) is 0 Å². The van der Waals surface area contributed by atoms with Gasteiger partial charge in [-0.25, -0.2) is 4.39 Å². The highest BCUT2D eigenvalue weighted by molar-refractivity contribution is 6.12. The molecule has 2 aromatic carbocycles. The van der Waals surface area contributed by atoms with Gasteiger partial charge in [-0.1, -0.05) is 38.1 Å². The molecule has 4 heteroatoms. The molecule has 1 heterocycles. The Morgan fingerprint density at radius 1 is 1.12 bits per heavy atom. The van der Waals surface area contributed by atoms with Crippen LogP contribution in [-0.4, -0.2) is 10.9 Å². The molecule has 24 heavy (non-hydrogen) atoms. The van der Waals surface area contributed by atoms with E-state index >= 15 is 0 Å². The van der Waals surface area contributed by atoms with Crippen LogP contribution in [0.25, 0.3) is 10.9 Å². The van der Waals surface area contributed by atoms with Crippen LogP contribution < -0.4 is 5.32 Å². The Balaban J connectivity index is 2.07. The summed E-state index contributed by atoms with van der Waals surface area (Å²) in [6.07, 6.45) is 0. The van der Waals surface area contributed by atoms with E-state index in [0.717, 1.165) is 22.2 Å². The van der Waals surface area contributed by atoms with Gasteiger partial charge in [-0.15, -0.1) is 0 Å². The minimum Gasteiger partial charge on any atom is -0.319 e. The molecule has 0 aliphatic heterocycles. The molecule has 1 aromatic heterocycles. The number of aryl methyl sites for hydroxylation is 1. The third-order valence-electron chi connectivity index (χ3n) is 3.94. The average Bonchev–Trinajstić information content (AvgIpc) is 2.57. The maximum absolute atomic E-state index is 13.9. The minimum absolute atomic E-state index is 0.187. The normalized spacial score (nSPS) is 11.0. The van der Waals surface area contributed by atoms with E-state index in [1.807, 2.05) is 45.0 Å². The first kappa shape index (κ1) is 16.1. The number of rotatable bonds is 3. The monoisotopic (exact) mass is 322 g/mol. The molecule has 1 amide bonds. The smallest absolute Gasteiger partial charge is 0.256 e. The van der Waals surface area contributed by atoms with Crippen molar-refractivity contribution in [1.82, 2.24) is 4.98 Å². The van der Waals surface area contributed by atoms with Crippen molar-refractivity contribution in [3.05, 3.63) is 71.2 Å². The van der Waals surface area contributed by atoms with Crippen molar-refractivity contribution in [2.24, 2.45) is 0 Å². The Bertz CT molecular complexity index is 919. The lowest BCUT2D eigenvalue weighted by molar-refractivity contribution is 0.102. The fourth-order valence-corrected chi connectivity index (χ4v) is 2.60. The summed E-state index contributed by atoms with van der Waals surface area (Å²) in [5, 5.41) is 3.44. The van der Waals surface area contributed by atoms with Gasteiger partial charge in [0.25, 0.3) is 5.91 Å². The second kappa shape index (κ2) is 6.40. The predicted molar refractivity (Wildman–Crippen MR) is 94.9 cm³/mol. The zero-order chi connectivity index (χ0) is 17.3. The van der Waals surface area contributed by atoms with Crippen molar-refractivity contribution < 1.29 is 9.18 Å². The molecule has 0 aliphatic carbocycles. The Labute approximate surface area is 140 Å². The van der Waals surface area contributed by atoms with E-state index in [-0.39, 0.29) is 17.5 Å². The number of amides is 1. The quantitative estimate of drug-likeness (QED) is 0.732. The molecule has 0 atom stereocenters. The van der Waals surface area contributed by atoms with Crippen LogP contribution in [0.5, 0.6) is 0 Å². The standard InChI is InChI=1S/C20H19FN2O/c1-12(2)18-11-15(14-6-4-5-7-17(14)22-18)20(24)23-19-10-13(3)8-9-16(19)21/h4-12H,1-3H3,(H,23,24). The molecule has 3 nitrogen and oxygen atoms in total. The van der Waals surface area contributed by atoms with Gasteiger partial charge in [0.1, 0.15) is 5.82 Å². The summed E-state index contributed by atoms with van der Waals surface area (Å²) in [6.45, 7) is 5.91. The Hall–Kier alpha value is -2.75. The summed E-state index contributed by atoms with van der Waals surface area (Å²) in [5.74, 6) is -0.590. The number of hydrogen-bond donors (Lipinski definition) is 1. The van der Waals surface area contributed by atoms with Gasteiger partial charge in [0.05, 0.1) is 16.8 Å². The zero-order valence-electron chi connectivity index (χ0n) is 13.9. The summed E-state index contributed by atoms with van der Waals surface area (Å²) in [5.41, 5.74) is 3.17. The number of aromatic nitrogens is 1. The topological polar surface area (TPSA) is 42.0 Å². The number of benzene rings is 2. The molecule has 0 fully saturated rings. The lowest BCUT2D eigenvalue weighted by Gasteiger charge is -2.12. The number of fused-ring (bicyclic) bond motifs is 1. The number of nitrogens with one attached hydrogen (secondary N) is 1. The summed E-state index contributed by atoms with van der Waals surface area (Å²) < 4.78 is 13.9. The van der Waals surface area contributed by atoms with E-state index in [1.54, 1.807) is 18.2 Å². The van der Waals surface area contributed by atoms with E-state index in [2.05, 4.69) is 10.3 Å². The number of carbonyl (C=O) groups is 1. The van der Waals surface area contributed by atoms with Crippen LogP contribution in [-0.2, 0) is 0 Å². The van der Waals surface area contributed by atoms with E-state index in [1.165, 1.54) is 6.07 Å². The van der Waals surface area contributed by atoms with Crippen LogP contribution in [0.1, 0.15) is 41.4 Å². The minimum atomic E-state index is -0.448. The van der Waals surface area contributed by atoms with Gasteiger partial charge in [0.15, 0.2) is 0 Å². The van der Waals surface area contributed by atoms with Gasteiger partial charge in [-0.3, -0.25) is 9.78 Å². The molecular formula is C20H19FN2O. The molecule has 0 saturated carbocycles. The van der Waals surface area contributed by atoms with Gasteiger partial charge < -0.3 is 5.32 Å². The number of carbonyl (C=O) groups excluding carboxylic acids is 1. The summed E-state index contributed by atoms with van der Waals surface area (Å²) in [7, 11) is 0. The second-order valence-corrected chi connectivity index (χ2v) is 6.20. The maximum Gasteiger partial charge on any atom is 0.256 e. The largest absolute Gasteiger partial charge is 0.319 e. The molecule has 3 aromatic rings. The SMILES string of the molecule is Cc1ccc(F)c(NC(=O)c2cc(C(C)C)nc3ccccc23)c1. The fraction of sp³-hybridized carbons (Fsp3) is 0.200. The maximum atomic E-state index is 13.9. The molecule has 0 saturated heterocycles. The first-order valence-corrected chi connectivity index (χ1v) is 7.93. The molecule has 0 bridgehead atoms. The fourth-order valence-electron chi connectivity index (χ4n) is 2.60. The van der Waals surface area contributed by atoms with E-state index < -0.39 is 5.82 Å². The second-order valence-electron chi connectivity index (χ2n) is 6.20. The molecule has 122 valence electrons. The molecular weight excluding hydrogens is 303 g/mol. The first-order chi connectivity index (χ1) is 11.5. The Kier molecular flexibility index (Phi) is 4.30. The van der Waals surface area contributed by atoms with Crippen LogP contribution in [0.15, 0.2) is 48.5 Å². The van der Waals surface area contributed by atoms with E-state index in [0.29, 0.717) is 5.56 Å². The van der Waals surface area contributed by atoms with Gasteiger partial charge in [-0.2, -0.15) is 0 Å². The Morgan fingerprint density at radius 2 is 1.88 bits per heavy atom. The summed E-state index contributed by atoms with van der Waals surface area (Å²) in [6, 6.07) is 13.9. The summed E-state index contributed by atoms with van der Waals surface area (Å²) in [4.78, 5) is 17.4. The molecule has 0 aliphatic rings.